The van der Waals surface area contributed by atoms with Gasteiger partial charge in [-0.15, -0.1) is 0 Å². The summed E-state index contributed by atoms with van der Waals surface area (Å²) in [6, 6.07) is 13.7. The normalized spacial score (nSPS) is 14.8. The van der Waals surface area contributed by atoms with Gasteiger partial charge in [-0.2, -0.15) is 0 Å². The first-order chi connectivity index (χ1) is 14.8. The van der Waals surface area contributed by atoms with E-state index in [9.17, 15) is 4.79 Å². The Kier molecular flexibility index (Phi) is 8.78. The van der Waals surface area contributed by atoms with Gasteiger partial charge in [0, 0.05) is 45.9 Å². The Morgan fingerprint density at radius 1 is 1.07 bits per heavy atom. The quantitative estimate of drug-likeness (QED) is 0.390. The summed E-state index contributed by atoms with van der Waals surface area (Å²) in [5.74, 6) is 1.28. The van der Waals surface area contributed by atoms with Crippen LogP contribution in [0.3, 0.4) is 0 Å². The number of nitrogens with one attached hydrogen (secondary N) is 1. The van der Waals surface area contributed by atoms with Crippen molar-refractivity contribution in [2.75, 3.05) is 45.9 Å². The van der Waals surface area contributed by atoms with Gasteiger partial charge in [0.25, 0.3) is 5.91 Å². The Morgan fingerprint density at radius 3 is 2.53 bits per heavy atom. The molecule has 0 bridgehead atoms. The Hall–Kier alpha value is -2.80. The molecule has 1 fully saturated rings. The van der Waals surface area contributed by atoms with Crippen molar-refractivity contribution in [1.82, 2.24) is 15.1 Å². The van der Waals surface area contributed by atoms with E-state index >= 15 is 0 Å². The molecule has 7 nitrogen and oxygen atoms in total. The van der Waals surface area contributed by atoms with Crippen molar-refractivity contribution in [1.29, 1.82) is 0 Å². The predicted octanol–water partition coefficient (Wildman–Crippen LogP) is 3.00. The van der Waals surface area contributed by atoms with Crippen LogP contribution in [0.5, 0.6) is 0 Å². The standard InChI is InChI=1S/C23H32N4O3/c1-2-24-23(25-12-6-7-17-29-19-20-9-4-3-5-10-20)27-15-13-26(14-16-27)22(28)21-11-8-18-30-21/h3-5,8-11,18H,2,6-7,12-17,19H2,1H3,(H,24,25). The monoisotopic (exact) mass is 412 g/mol. The zero-order valence-electron chi connectivity index (χ0n) is 17.8. The molecule has 0 aliphatic carbocycles. The summed E-state index contributed by atoms with van der Waals surface area (Å²) >= 11 is 0. The summed E-state index contributed by atoms with van der Waals surface area (Å²) in [7, 11) is 0. The van der Waals surface area contributed by atoms with E-state index in [1.165, 1.54) is 11.8 Å². The van der Waals surface area contributed by atoms with Crippen LogP contribution in [0, 0.1) is 0 Å². The smallest absolute Gasteiger partial charge is 0.289 e. The van der Waals surface area contributed by atoms with Gasteiger partial charge in [-0.05, 0) is 37.5 Å². The summed E-state index contributed by atoms with van der Waals surface area (Å²) in [5, 5.41) is 3.37. The highest BCUT2D eigenvalue weighted by molar-refractivity contribution is 5.91. The molecule has 1 amide bonds. The number of unbranched alkanes of at least 4 members (excludes halogenated alkanes) is 1. The number of carbonyl (C=O) groups excluding carboxylic acids is 1. The SMILES string of the molecule is CCNC(=NCCCCOCc1ccccc1)N1CCN(C(=O)c2ccco2)CC1. The van der Waals surface area contributed by atoms with Crippen LogP contribution in [-0.2, 0) is 11.3 Å². The van der Waals surface area contributed by atoms with Crippen LogP contribution in [0.25, 0.3) is 0 Å². The molecule has 30 heavy (non-hydrogen) atoms. The molecule has 3 rings (SSSR count). The molecule has 2 aromatic rings. The van der Waals surface area contributed by atoms with Crippen molar-refractivity contribution in [3.8, 4) is 0 Å². The third-order valence-electron chi connectivity index (χ3n) is 5.00. The Balaban J connectivity index is 1.36. The largest absolute Gasteiger partial charge is 0.459 e. The van der Waals surface area contributed by atoms with E-state index in [0.29, 0.717) is 25.5 Å². The van der Waals surface area contributed by atoms with E-state index in [1.54, 1.807) is 12.1 Å². The molecule has 1 N–H and O–H groups in total. The maximum absolute atomic E-state index is 12.4. The fourth-order valence-corrected chi connectivity index (χ4v) is 3.37. The maximum Gasteiger partial charge on any atom is 0.289 e. The van der Waals surface area contributed by atoms with Gasteiger partial charge in [0.2, 0.25) is 0 Å². The fraction of sp³-hybridized carbons (Fsp3) is 0.478. The summed E-state index contributed by atoms with van der Waals surface area (Å²) in [5.41, 5.74) is 1.20. The van der Waals surface area contributed by atoms with E-state index in [4.69, 9.17) is 14.1 Å². The Morgan fingerprint density at radius 2 is 1.83 bits per heavy atom. The number of guanidine groups is 1. The number of aliphatic imine (C=N–C) groups is 1. The number of furan rings is 1. The first-order valence-corrected chi connectivity index (χ1v) is 10.8. The van der Waals surface area contributed by atoms with Crippen molar-refractivity contribution < 1.29 is 13.9 Å². The lowest BCUT2D eigenvalue weighted by molar-refractivity contribution is 0.0657. The highest BCUT2D eigenvalue weighted by Gasteiger charge is 2.25. The molecule has 0 unspecified atom stereocenters. The number of piperazine rings is 1. The molecule has 1 aromatic heterocycles. The van der Waals surface area contributed by atoms with Gasteiger partial charge in [0.1, 0.15) is 0 Å². The van der Waals surface area contributed by atoms with E-state index in [2.05, 4.69) is 29.3 Å². The molecule has 0 spiro atoms. The van der Waals surface area contributed by atoms with Crippen molar-refractivity contribution in [3.05, 3.63) is 60.1 Å². The molecule has 2 heterocycles. The second kappa shape index (κ2) is 12.0. The van der Waals surface area contributed by atoms with Crippen LogP contribution in [0.4, 0.5) is 0 Å². The number of carbonyl (C=O) groups is 1. The predicted molar refractivity (Wildman–Crippen MR) is 117 cm³/mol. The lowest BCUT2D eigenvalue weighted by Crippen LogP contribution is -2.53. The molecule has 0 radical (unpaired) electrons. The minimum absolute atomic E-state index is 0.0444. The third-order valence-corrected chi connectivity index (χ3v) is 5.00. The second-order valence-corrected chi connectivity index (χ2v) is 7.24. The summed E-state index contributed by atoms with van der Waals surface area (Å²) < 4.78 is 11.0. The van der Waals surface area contributed by atoms with Crippen molar-refractivity contribution in [3.63, 3.8) is 0 Å². The van der Waals surface area contributed by atoms with E-state index < -0.39 is 0 Å². The van der Waals surface area contributed by atoms with Crippen LogP contribution in [0.2, 0.25) is 0 Å². The van der Waals surface area contributed by atoms with Crippen LogP contribution in [-0.4, -0.2) is 67.5 Å². The van der Waals surface area contributed by atoms with Crippen LogP contribution in [0.1, 0.15) is 35.9 Å². The Bertz CT molecular complexity index is 769. The minimum Gasteiger partial charge on any atom is -0.459 e. The molecule has 1 saturated heterocycles. The van der Waals surface area contributed by atoms with E-state index in [-0.39, 0.29) is 5.91 Å². The average molecular weight is 413 g/mol. The number of rotatable bonds is 9. The summed E-state index contributed by atoms with van der Waals surface area (Å²) in [6.07, 6.45) is 3.51. The lowest BCUT2D eigenvalue weighted by atomic mass is 10.2. The molecule has 1 aliphatic heterocycles. The van der Waals surface area contributed by atoms with Gasteiger partial charge in [-0.1, -0.05) is 30.3 Å². The zero-order chi connectivity index (χ0) is 21.0. The van der Waals surface area contributed by atoms with Gasteiger partial charge in [-0.25, -0.2) is 0 Å². The number of benzene rings is 1. The number of hydrogen-bond acceptors (Lipinski definition) is 4. The van der Waals surface area contributed by atoms with Gasteiger partial charge >= 0.3 is 0 Å². The average Bonchev–Trinajstić information content (AvgIpc) is 3.33. The molecule has 7 heteroatoms. The van der Waals surface area contributed by atoms with Gasteiger partial charge in [0.15, 0.2) is 11.7 Å². The van der Waals surface area contributed by atoms with Crippen molar-refractivity contribution >= 4 is 11.9 Å². The highest BCUT2D eigenvalue weighted by Crippen LogP contribution is 2.10. The molecule has 162 valence electrons. The lowest BCUT2D eigenvalue weighted by Gasteiger charge is -2.36. The number of ether oxygens (including phenoxy) is 1. The topological polar surface area (TPSA) is 70.3 Å². The number of nitrogens with zero attached hydrogens (tertiary/aromatic N) is 3. The fourth-order valence-electron chi connectivity index (χ4n) is 3.37. The van der Waals surface area contributed by atoms with Crippen LogP contribution in [0.15, 0.2) is 58.1 Å². The summed E-state index contributed by atoms with van der Waals surface area (Å²) in [4.78, 5) is 21.2. The Labute approximate surface area is 178 Å². The van der Waals surface area contributed by atoms with Gasteiger partial charge in [-0.3, -0.25) is 9.79 Å². The first-order valence-electron chi connectivity index (χ1n) is 10.8. The molecule has 1 aromatic carbocycles. The number of amides is 1. The summed E-state index contributed by atoms with van der Waals surface area (Å²) in [6.45, 7) is 7.92. The minimum atomic E-state index is -0.0444. The van der Waals surface area contributed by atoms with Crippen molar-refractivity contribution in [2.24, 2.45) is 4.99 Å². The van der Waals surface area contributed by atoms with Crippen molar-refractivity contribution in [2.45, 2.75) is 26.4 Å². The maximum atomic E-state index is 12.4. The first kappa shape index (κ1) is 21.9. The van der Waals surface area contributed by atoms with Crippen LogP contribution >= 0.6 is 0 Å². The third kappa shape index (κ3) is 6.62. The molecular formula is C23H32N4O3. The van der Waals surface area contributed by atoms with E-state index in [0.717, 1.165) is 51.6 Å². The molecule has 0 atom stereocenters. The molecular weight excluding hydrogens is 380 g/mol. The van der Waals surface area contributed by atoms with Gasteiger partial charge in [0.05, 0.1) is 12.9 Å². The second-order valence-electron chi connectivity index (χ2n) is 7.24. The van der Waals surface area contributed by atoms with Crippen LogP contribution < -0.4 is 5.32 Å². The highest BCUT2D eigenvalue weighted by atomic mass is 16.5. The van der Waals surface area contributed by atoms with E-state index in [1.807, 2.05) is 23.1 Å². The zero-order valence-corrected chi connectivity index (χ0v) is 17.8. The molecule has 0 saturated carbocycles. The van der Waals surface area contributed by atoms with Gasteiger partial charge < -0.3 is 24.3 Å². The number of hydrogen-bond donors (Lipinski definition) is 1. The molecule has 1 aliphatic rings.